The van der Waals surface area contributed by atoms with Crippen molar-refractivity contribution in [3.8, 4) is 0 Å². The monoisotopic (exact) mass is 340 g/mol. The van der Waals surface area contributed by atoms with Crippen LogP contribution in [0.4, 0.5) is 0 Å². The van der Waals surface area contributed by atoms with Gasteiger partial charge in [-0.3, -0.25) is 9.59 Å². The van der Waals surface area contributed by atoms with Gasteiger partial charge in [-0.2, -0.15) is 0 Å². The molecule has 1 saturated heterocycles. The first-order chi connectivity index (χ1) is 9.56. The SMILES string of the molecule is C[C@@H](CC(=O)c1cccc(Br)c1)C(=O)O[C@H]1CCOC1. The summed E-state index contributed by atoms with van der Waals surface area (Å²) in [5.41, 5.74) is 0.600. The number of benzene rings is 1. The highest BCUT2D eigenvalue weighted by molar-refractivity contribution is 9.10. The van der Waals surface area contributed by atoms with Crippen molar-refractivity contribution in [2.24, 2.45) is 5.92 Å². The zero-order chi connectivity index (χ0) is 14.5. The molecule has 108 valence electrons. The Bertz CT molecular complexity index is 494. The van der Waals surface area contributed by atoms with Gasteiger partial charge >= 0.3 is 5.97 Å². The van der Waals surface area contributed by atoms with Gasteiger partial charge in [-0.25, -0.2) is 0 Å². The zero-order valence-corrected chi connectivity index (χ0v) is 12.9. The predicted molar refractivity (Wildman–Crippen MR) is 77.6 cm³/mol. The molecule has 2 atom stereocenters. The van der Waals surface area contributed by atoms with Gasteiger partial charge in [0.1, 0.15) is 6.10 Å². The van der Waals surface area contributed by atoms with Crippen LogP contribution >= 0.6 is 15.9 Å². The van der Waals surface area contributed by atoms with E-state index in [0.29, 0.717) is 18.8 Å². The van der Waals surface area contributed by atoms with Gasteiger partial charge < -0.3 is 9.47 Å². The van der Waals surface area contributed by atoms with Crippen molar-refractivity contribution in [1.82, 2.24) is 0 Å². The number of halogens is 1. The first-order valence-corrected chi connectivity index (χ1v) is 7.42. The average Bonchev–Trinajstić information content (AvgIpc) is 2.91. The standard InChI is InChI=1S/C15H17BrO4/c1-10(15(18)20-13-5-6-19-9-13)7-14(17)11-3-2-4-12(16)8-11/h2-4,8,10,13H,5-7,9H2,1H3/t10-,13-/m0/s1. The van der Waals surface area contributed by atoms with Crippen molar-refractivity contribution in [3.63, 3.8) is 0 Å². The Morgan fingerprint density at radius 1 is 1.50 bits per heavy atom. The summed E-state index contributed by atoms with van der Waals surface area (Å²) in [7, 11) is 0. The number of hydrogen-bond acceptors (Lipinski definition) is 4. The minimum absolute atomic E-state index is 0.0570. The van der Waals surface area contributed by atoms with Gasteiger partial charge in [0.15, 0.2) is 5.78 Å². The topological polar surface area (TPSA) is 52.6 Å². The molecule has 1 heterocycles. The van der Waals surface area contributed by atoms with Crippen molar-refractivity contribution in [3.05, 3.63) is 34.3 Å². The fourth-order valence-electron chi connectivity index (χ4n) is 2.03. The number of rotatable bonds is 5. The van der Waals surface area contributed by atoms with Crippen LogP contribution in [0.2, 0.25) is 0 Å². The van der Waals surface area contributed by atoms with Gasteiger partial charge in [-0.05, 0) is 12.1 Å². The molecule has 1 aliphatic heterocycles. The Kier molecular flexibility index (Phi) is 5.31. The first kappa shape index (κ1) is 15.2. The fourth-order valence-corrected chi connectivity index (χ4v) is 2.43. The molecule has 0 aromatic heterocycles. The largest absolute Gasteiger partial charge is 0.460 e. The van der Waals surface area contributed by atoms with E-state index in [-0.39, 0.29) is 24.3 Å². The number of Topliss-reactive ketones (excluding diaryl/α,β-unsaturated/α-hetero) is 1. The summed E-state index contributed by atoms with van der Waals surface area (Å²) in [5, 5.41) is 0. The second-order valence-electron chi connectivity index (χ2n) is 4.96. The third kappa shape index (κ3) is 4.15. The van der Waals surface area contributed by atoms with E-state index in [0.717, 1.165) is 10.9 Å². The Labute approximate surface area is 126 Å². The summed E-state index contributed by atoms with van der Waals surface area (Å²) in [6.07, 6.45) is 0.729. The molecule has 0 aliphatic carbocycles. The van der Waals surface area contributed by atoms with Crippen LogP contribution in [-0.4, -0.2) is 31.1 Å². The third-order valence-corrected chi connectivity index (χ3v) is 3.70. The summed E-state index contributed by atoms with van der Waals surface area (Å²) in [5.74, 6) is -0.829. The maximum atomic E-state index is 12.1. The fraction of sp³-hybridized carbons (Fsp3) is 0.467. The highest BCUT2D eigenvalue weighted by Gasteiger charge is 2.25. The van der Waals surface area contributed by atoms with Gasteiger partial charge in [0, 0.05) is 22.9 Å². The molecule has 1 fully saturated rings. The molecule has 0 saturated carbocycles. The van der Waals surface area contributed by atoms with Gasteiger partial charge in [-0.1, -0.05) is 35.0 Å². The quantitative estimate of drug-likeness (QED) is 0.610. The smallest absolute Gasteiger partial charge is 0.309 e. The number of esters is 1. The molecule has 20 heavy (non-hydrogen) atoms. The number of carbonyl (C=O) groups is 2. The Hall–Kier alpha value is -1.20. The molecule has 2 rings (SSSR count). The van der Waals surface area contributed by atoms with Gasteiger partial charge in [0.05, 0.1) is 19.1 Å². The number of hydrogen-bond donors (Lipinski definition) is 0. The van der Waals surface area contributed by atoms with E-state index in [1.807, 2.05) is 6.07 Å². The summed E-state index contributed by atoms with van der Waals surface area (Å²) >= 11 is 3.33. The number of ether oxygens (including phenoxy) is 2. The molecule has 1 aromatic carbocycles. The molecule has 5 heteroatoms. The number of ketones is 1. The third-order valence-electron chi connectivity index (χ3n) is 3.21. The molecule has 1 aliphatic rings. The van der Waals surface area contributed by atoms with E-state index in [1.165, 1.54) is 0 Å². The summed E-state index contributed by atoms with van der Waals surface area (Å²) < 4.78 is 11.3. The molecule has 0 radical (unpaired) electrons. The lowest BCUT2D eigenvalue weighted by Crippen LogP contribution is -2.24. The molecule has 1 aromatic rings. The minimum Gasteiger partial charge on any atom is -0.460 e. The van der Waals surface area contributed by atoms with Crippen LogP contribution in [0.3, 0.4) is 0 Å². The lowest BCUT2D eigenvalue weighted by molar-refractivity contribution is -0.153. The zero-order valence-electron chi connectivity index (χ0n) is 11.3. The lowest BCUT2D eigenvalue weighted by Gasteiger charge is -2.14. The first-order valence-electron chi connectivity index (χ1n) is 6.63. The van der Waals surface area contributed by atoms with Crippen LogP contribution in [0, 0.1) is 5.92 Å². The molecule has 0 unspecified atom stereocenters. The molecule has 0 N–H and O–H groups in total. The van der Waals surface area contributed by atoms with Crippen molar-refractivity contribution >= 4 is 27.7 Å². The molecule has 0 bridgehead atoms. The second-order valence-corrected chi connectivity index (χ2v) is 5.88. The summed E-state index contributed by atoms with van der Waals surface area (Å²) in [6, 6.07) is 7.16. The Morgan fingerprint density at radius 2 is 2.30 bits per heavy atom. The summed E-state index contributed by atoms with van der Waals surface area (Å²) in [4.78, 5) is 24.0. The Morgan fingerprint density at radius 3 is 2.95 bits per heavy atom. The van der Waals surface area contributed by atoms with Crippen LogP contribution in [0.25, 0.3) is 0 Å². The van der Waals surface area contributed by atoms with E-state index in [1.54, 1.807) is 25.1 Å². The molecule has 0 amide bonds. The van der Waals surface area contributed by atoms with Crippen LogP contribution < -0.4 is 0 Å². The maximum Gasteiger partial charge on any atom is 0.309 e. The van der Waals surface area contributed by atoms with Crippen LogP contribution in [0.15, 0.2) is 28.7 Å². The van der Waals surface area contributed by atoms with E-state index in [4.69, 9.17) is 9.47 Å². The normalized spacial score (nSPS) is 19.6. The van der Waals surface area contributed by atoms with Crippen molar-refractivity contribution in [2.45, 2.75) is 25.9 Å². The number of carbonyl (C=O) groups excluding carboxylic acids is 2. The van der Waals surface area contributed by atoms with E-state index < -0.39 is 5.92 Å². The second kappa shape index (κ2) is 6.99. The summed E-state index contributed by atoms with van der Waals surface area (Å²) in [6.45, 7) is 2.80. The average molecular weight is 341 g/mol. The highest BCUT2D eigenvalue weighted by atomic mass is 79.9. The maximum absolute atomic E-state index is 12.1. The molecular weight excluding hydrogens is 324 g/mol. The van der Waals surface area contributed by atoms with Crippen LogP contribution in [0.5, 0.6) is 0 Å². The van der Waals surface area contributed by atoms with Gasteiger partial charge in [0.25, 0.3) is 0 Å². The van der Waals surface area contributed by atoms with Gasteiger partial charge in [0.2, 0.25) is 0 Å². The molecular formula is C15H17BrO4. The molecule has 4 nitrogen and oxygen atoms in total. The predicted octanol–water partition coefficient (Wildman–Crippen LogP) is 2.99. The van der Waals surface area contributed by atoms with Crippen molar-refractivity contribution in [2.75, 3.05) is 13.2 Å². The van der Waals surface area contributed by atoms with E-state index in [2.05, 4.69) is 15.9 Å². The van der Waals surface area contributed by atoms with Crippen LogP contribution in [0.1, 0.15) is 30.1 Å². The van der Waals surface area contributed by atoms with E-state index >= 15 is 0 Å². The lowest BCUT2D eigenvalue weighted by atomic mass is 10.00. The Balaban J connectivity index is 1.88. The van der Waals surface area contributed by atoms with Crippen LogP contribution in [-0.2, 0) is 14.3 Å². The van der Waals surface area contributed by atoms with Crippen molar-refractivity contribution < 1.29 is 19.1 Å². The molecule has 0 spiro atoms. The van der Waals surface area contributed by atoms with E-state index in [9.17, 15) is 9.59 Å². The minimum atomic E-state index is -0.443. The van der Waals surface area contributed by atoms with Gasteiger partial charge in [-0.15, -0.1) is 0 Å². The highest BCUT2D eigenvalue weighted by Crippen LogP contribution is 2.17. The van der Waals surface area contributed by atoms with Crippen molar-refractivity contribution in [1.29, 1.82) is 0 Å².